The van der Waals surface area contributed by atoms with E-state index in [1.807, 2.05) is 6.92 Å². The van der Waals surface area contributed by atoms with Crippen LogP contribution in [0, 0.1) is 0 Å². The van der Waals surface area contributed by atoms with Gasteiger partial charge in [-0.3, -0.25) is 5.10 Å². The number of carboxylic acid groups (broad SMARTS) is 1. The fourth-order valence-electron chi connectivity index (χ4n) is 2.06. The molecular formula is C15H15N3O4S. The van der Waals surface area contributed by atoms with E-state index in [9.17, 15) is 9.90 Å². The number of nitrogens with one attached hydrogen (secondary N) is 1. The molecule has 7 nitrogen and oxygen atoms in total. The maximum absolute atomic E-state index is 11.5. The Kier molecular flexibility index (Phi) is 4.52. The van der Waals surface area contributed by atoms with Gasteiger partial charge in [0.15, 0.2) is 11.5 Å². The summed E-state index contributed by atoms with van der Waals surface area (Å²) in [5.41, 5.74) is 0.712. The number of hydrogen-bond acceptors (Lipinski definition) is 6. The zero-order valence-corrected chi connectivity index (χ0v) is 13.2. The minimum absolute atomic E-state index is 0.130. The molecular weight excluding hydrogens is 318 g/mol. The number of benzene rings is 1. The summed E-state index contributed by atoms with van der Waals surface area (Å²) in [4.78, 5) is 15.9. The molecule has 0 bridgehead atoms. The minimum Gasteiger partial charge on any atom is -0.477 e. The van der Waals surface area contributed by atoms with Gasteiger partial charge in [-0.25, -0.2) is 9.78 Å². The molecule has 2 aromatic rings. The zero-order chi connectivity index (χ0) is 16.2. The average Bonchev–Trinajstić information content (AvgIpc) is 3.15. The first-order valence-corrected chi connectivity index (χ1v) is 7.91. The van der Waals surface area contributed by atoms with Crippen LogP contribution in [0.2, 0.25) is 0 Å². The van der Waals surface area contributed by atoms with Gasteiger partial charge in [0, 0.05) is 6.42 Å². The summed E-state index contributed by atoms with van der Waals surface area (Å²) in [6, 6.07) is 5.27. The molecule has 120 valence electrons. The van der Waals surface area contributed by atoms with Crippen LogP contribution < -0.4 is 9.47 Å². The highest BCUT2D eigenvalue weighted by Gasteiger charge is 2.16. The van der Waals surface area contributed by atoms with Gasteiger partial charge in [-0.2, -0.15) is 0 Å². The summed E-state index contributed by atoms with van der Waals surface area (Å²) in [5, 5.41) is 16.6. The van der Waals surface area contributed by atoms with Gasteiger partial charge >= 0.3 is 5.97 Å². The number of aromatic amines is 1. The van der Waals surface area contributed by atoms with E-state index < -0.39 is 5.97 Å². The van der Waals surface area contributed by atoms with Crippen molar-refractivity contribution in [1.29, 1.82) is 0 Å². The zero-order valence-electron chi connectivity index (χ0n) is 12.4. The molecule has 0 aliphatic carbocycles. The highest BCUT2D eigenvalue weighted by atomic mass is 32.2. The van der Waals surface area contributed by atoms with Gasteiger partial charge in [0.1, 0.15) is 10.7 Å². The van der Waals surface area contributed by atoms with Crippen LogP contribution in [-0.4, -0.2) is 33.1 Å². The van der Waals surface area contributed by atoms with Crippen LogP contribution in [0.15, 0.2) is 28.3 Å². The maximum Gasteiger partial charge on any atom is 0.342 e. The van der Waals surface area contributed by atoms with Gasteiger partial charge in [-0.15, -0.1) is 5.10 Å². The number of rotatable bonds is 6. The lowest BCUT2D eigenvalue weighted by Crippen LogP contribution is -1.97. The standard InChI is InChI=1S/C15H15N3O4S/c1-2-3-13-16-15(18-17-13)23-12(14(19)20)7-9-4-5-10-11(6-9)22-8-21-10/h4-7H,2-3,8H2,1H3,(H,19,20)(H,16,17,18)/b12-7-. The lowest BCUT2D eigenvalue weighted by atomic mass is 10.2. The summed E-state index contributed by atoms with van der Waals surface area (Å²) in [5.74, 6) is 0.985. The molecule has 1 aromatic heterocycles. The van der Waals surface area contributed by atoms with E-state index in [0.29, 0.717) is 22.2 Å². The number of aryl methyl sites for hydroxylation is 1. The van der Waals surface area contributed by atoms with Crippen LogP contribution >= 0.6 is 11.8 Å². The Hall–Kier alpha value is -2.48. The Bertz CT molecular complexity index is 757. The van der Waals surface area contributed by atoms with E-state index in [0.717, 1.165) is 30.4 Å². The summed E-state index contributed by atoms with van der Waals surface area (Å²) in [6.45, 7) is 2.22. The van der Waals surface area contributed by atoms with E-state index in [2.05, 4.69) is 15.2 Å². The number of hydrogen-bond donors (Lipinski definition) is 2. The van der Waals surface area contributed by atoms with Crippen molar-refractivity contribution >= 4 is 23.8 Å². The number of aliphatic carboxylic acids is 1. The molecule has 8 heteroatoms. The fraction of sp³-hybridized carbons (Fsp3) is 0.267. The molecule has 0 radical (unpaired) electrons. The molecule has 2 heterocycles. The van der Waals surface area contributed by atoms with E-state index in [1.165, 1.54) is 0 Å². The molecule has 0 saturated heterocycles. The van der Waals surface area contributed by atoms with E-state index >= 15 is 0 Å². The molecule has 0 fully saturated rings. The molecule has 0 unspecified atom stereocenters. The molecule has 0 saturated carbocycles. The van der Waals surface area contributed by atoms with Crippen LogP contribution in [-0.2, 0) is 11.2 Å². The summed E-state index contributed by atoms with van der Waals surface area (Å²) < 4.78 is 10.5. The van der Waals surface area contributed by atoms with Crippen LogP contribution in [0.4, 0.5) is 0 Å². The number of carbonyl (C=O) groups is 1. The van der Waals surface area contributed by atoms with Crippen molar-refractivity contribution in [3.63, 3.8) is 0 Å². The van der Waals surface area contributed by atoms with Crippen molar-refractivity contribution in [2.45, 2.75) is 24.9 Å². The van der Waals surface area contributed by atoms with Gasteiger partial charge < -0.3 is 14.6 Å². The third kappa shape index (κ3) is 3.65. The van der Waals surface area contributed by atoms with Crippen LogP contribution in [0.5, 0.6) is 11.5 Å². The van der Waals surface area contributed by atoms with Crippen molar-refractivity contribution < 1.29 is 19.4 Å². The molecule has 3 rings (SSSR count). The topological polar surface area (TPSA) is 97.3 Å². The van der Waals surface area contributed by atoms with Gasteiger partial charge in [0.2, 0.25) is 11.9 Å². The Labute approximate surface area is 136 Å². The van der Waals surface area contributed by atoms with Crippen molar-refractivity contribution in [3.05, 3.63) is 34.5 Å². The van der Waals surface area contributed by atoms with Gasteiger partial charge in [-0.1, -0.05) is 13.0 Å². The second kappa shape index (κ2) is 6.74. The quantitative estimate of drug-likeness (QED) is 0.619. The molecule has 0 spiro atoms. The van der Waals surface area contributed by atoms with Crippen molar-refractivity contribution in [3.8, 4) is 11.5 Å². The van der Waals surface area contributed by atoms with Crippen LogP contribution in [0.3, 0.4) is 0 Å². The lowest BCUT2D eigenvalue weighted by Gasteiger charge is -2.01. The first-order valence-electron chi connectivity index (χ1n) is 7.09. The third-order valence-electron chi connectivity index (χ3n) is 3.10. The van der Waals surface area contributed by atoms with Gasteiger partial charge in [-0.05, 0) is 42.0 Å². The lowest BCUT2D eigenvalue weighted by molar-refractivity contribution is -0.131. The highest BCUT2D eigenvalue weighted by Crippen LogP contribution is 2.34. The summed E-state index contributed by atoms with van der Waals surface area (Å²) >= 11 is 1.01. The van der Waals surface area contributed by atoms with Gasteiger partial charge in [0.05, 0.1) is 0 Å². The predicted molar refractivity (Wildman–Crippen MR) is 84.4 cm³/mol. The number of thioether (sulfide) groups is 1. The van der Waals surface area contributed by atoms with Gasteiger partial charge in [0.25, 0.3) is 0 Å². The first kappa shape index (κ1) is 15.4. The largest absolute Gasteiger partial charge is 0.477 e. The van der Waals surface area contributed by atoms with Crippen molar-refractivity contribution in [2.24, 2.45) is 0 Å². The first-order chi connectivity index (χ1) is 11.2. The minimum atomic E-state index is -1.03. The number of ether oxygens (including phenoxy) is 2. The Balaban J connectivity index is 1.81. The monoisotopic (exact) mass is 333 g/mol. The van der Waals surface area contributed by atoms with Crippen molar-refractivity contribution in [2.75, 3.05) is 6.79 Å². The molecule has 1 aliphatic rings. The third-order valence-corrected chi connectivity index (χ3v) is 3.98. The van der Waals surface area contributed by atoms with E-state index in [1.54, 1.807) is 24.3 Å². The number of aromatic nitrogens is 3. The Morgan fingerprint density at radius 3 is 3.04 bits per heavy atom. The Morgan fingerprint density at radius 1 is 1.43 bits per heavy atom. The highest BCUT2D eigenvalue weighted by molar-refractivity contribution is 8.04. The summed E-state index contributed by atoms with van der Waals surface area (Å²) in [6.07, 6.45) is 3.28. The van der Waals surface area contributed by atoms with Crippen molar-refractivity contribution in [1.82, 2.24) is 15.2 Å². The smallest absolute Gasteiger partial charge is 0.342 e. The number of fused-ring (bicyclic) bond motifs is 1. The van der Waals surface area contributed by atoms with Crippen LogP contribution in [0.25, 0.3) is 6.08 Å². The molecule has 1 aliphatic heterocycles. The fourth-order valence-corrected chi connectivity index (χ4v) is 2.79. The molecule has 0 atom stereocenters. The number of carboxylic acids is 1. The molecule has 1 aromatic carbocycles. The maximum atomic E-state index is 11.5. The number of H-pyrrole nitrogens is 1. The van der Waals surface area contributed by atoms with E-state index in [-0.39, 0.29) is 11.7 Å². The SMILES string of the molecule is CCCc1nc(S/C(=C\c2ccc3c(c2)OCO3)C(=O)O)n[nH]1. The Morgan fingerprint density at radius 2 is 2.26 bits per heavy atom. The van der Waals surface area contributed by atoms with E-state index in [4.69, 9.17) is 9.47 Å². The molecule has 0 amide bonds. The second-order valence-corrected chi connectivity index (χ2v) is 5.85. The predicted octanol–water partition coefficient (Wildman–Crippen LogP) is 2.70. The molecule has 2 N–H and O–H groups in total. The summed E-state index contributed by atoms with van der Waals surface area (Å²) in [7, 11) is 0. The average molecular weight is 333 g/mol. The number of nitrogens with zero attached hydrogens (tertiary/aromatic N) is 2. The molecule has 23 heavy (non-hydrogen) atoms. The second-order valence-electron chi connectivity index (χ2n) is 4.84. The van der Waals surface area contributed by atoms with Crippen LogP contribution in [0.1, 0.15) is 24.7 Å². The normalized spacial score (nSPS) is 13.3.